The molecular formula is C21H23NO10S. The van der Waals surface area contributed by atoms with E-state index in [9.17, 15) is 18.0 Å². The van der Waals surface area contributed by atoms with E-state index in [1.54, 1.807) is 12.1 Å². The number of carbonyl (C=O) groups is 2. The first-order chi connectivity index (χ1) is 15.6. The van der Waals surface area contributed by atoms with Gasteiger partial charge in [-0.2, -0.15) is 0 Å². The Hall–Kier alpha value is -3.93. The zero-order chi connectivity index (χ0) is 24.6. The van der Waals surface area contributed by atoms with E-state index in [0.29, 0.717) is 22.8 Å². The van der Waals surface area contributed by atoms with Gasteiger partial charge in [0.15, 0.2) is 11.5 Å². The zero-order valence-corrected chi connectivity index (χ0v) is 19.1. The maximum atomic E-state index is 12.6. The maximum Gasteiger partial charge on any atom is 0.322 e. The lowest BCUT2D eigenvalue weighted by atomic mass is 10.1. The highest BCUT2D eigenvalue weighted by atomic mass is 32.2. The van der Waals surface area contributed by atoms with Crippen LogP contribution in [0.2, 0.25) is 0 Å². The van der Waals surface area contributed by atoms with Crippen LogP contribution in [0, 0.1) is 0 Å². The molecule has 0 aromatic heterocycles. The highest BCUT2D eigenvalue weighted by Gasteiger charge is 2.17. The first kappa shape index (κ1) is 25.3. The number of sulfonamides is 1. The Balaban J connectivity index is 2.31. The molecule has 0 fully saturated rings. The minimum absolute atomic E-state index is 0.0484. The number of methoxy groups -OCH3 is 4. The van der Waals surface area contributed by atoms with Crippen molar-refractivity contribution in [2.24, 2.45) is 0 Å². The maximum absolute atomic E-state index is 12.6. The summed E-state index contributed by atoms with van der Waals surface area (Å²) in [5.74, 6) is -1.33. The van der Waals surface area contributed by atoms with Crippen LogP contribution in [0.3, 0.4) is 0 Å². The largest absolute Gasteiger partial charge is 0.496 e. The number of nitrogens with one attached hydrogen (secondary N) is 1. The smallest absolute Gasteiger partial charge is 0.322 e. The molecule has 0 aliphatic rings. The molecule has 0 saturated carbocycles. The first-order valence-corrected chi connectivity index (χ1v) is 10.8. The molecule has 0 bridgehead atoms. The van der Waals surface area contributed by atoms with Gasteiger partial charge in [0, 0.05) is 18.2 Å². The Morgan fingerprint density at radius 1 is 0.909 bits per heavy atom. The second-order valence-corrected chi connectivity index (χ2v) is 7.87. The number of carboxylic acids is 1. The molecule has 2 aromatic rings. The molecule has 33 heavy (non-hydrogen) atoms. The molecule has 0 atom stereocenters. The van der Waals surface area contributed by atoms with Crippen molar-refractivity contribution >= 4 is 33.7 Å². The van der Waals surface area contributed by atoms with E-state index in [1.807, 2.05) is 0 Å². The molecule has 12 heteroatoms. The fraction of sp³-hybridized carbons (Fsp3) is 0.238. The minimum Gasteiger partial charge on any atom is -0.496 e. The molecule has 0 aliphatic carbocycles. The molecule has 2 rings (SSSR count). The van der Waals surface area contributed by atoms with Crippen molar-refractivity contribution in [3.8, 4) is 28.7 Å². The van der Waals surface area contributed by atoms with Gasteiger partial charge in [0.05, 0.1) is 45.1 Å². The molecule has 2 aromatic carbocycles. The summed E-state index contributed by atoms with van der Waals surface area (Å²) in [6.07, 6.45) is 0.421. The summed E-state index contributed by atoms with van der Waals surface area (Å²) in [6.45, 7) is 0. The minimum atomic E-state index is -4.03. The fourth-order valence-electron chi connectivity index (χ4n) is 2.65. The van der Waals surface area contributed by atoms with Gasteiger partial charge in [-0.05, 0) is 18.2 Å². The molecule has 0 radical (unpaired) electrons. The van der Waals surface area contributed by atoms with E-state index in [4.69, 9.17) is 28.8 Å². The zero-order valence-electron chi connectivity index (χ0n) is 18.3. The Bertz CT molecular complexity index is 1130. The highest BCUT2D eigenvalue weighted by molar-refractivity contribution is 7.95. The number of rotatable bonds is 11. The van der Waals surface area contributed by atoms with E-state index < -0.39 is 28.4 Å². The lowest BCUT2D eigenvalue weighted by Gasteiger charge is -2.13. The second kappa shape index (κ2) is 11.1. The standard InChI is InChI=1S/C21H23NO10S/c1-28-14-10-17(30-3)15(18(11-14)31-4)7-8-33(26,27)22-13-5-6-16(29-2)19(9-13)32-21(25)12-20(23)24/h5-11,22H,12H2,1-4H3,(H,23,24)/b8-7+. The fourth-order valence-corrected chi connectivity index (χ4v) is 3.49. The van der Waals surface area contributed by atoms with E-state index in [-0.39, 0.29) is 17.2 Å². The van der Waals surface area contributed by atoms with Crippen LogP contribution in [0.15, 0.2) is 35.7 Å². The first-order valence-electron chi connectivity index (χ1n) is 9.23. The average molecular weight is 481 g/mol. The van der Waals surface area contributed by atoms with Crippen molar-refractivity contribution in [3.63, 3.8) is 0 Å². The predicted octanol–water partition coefficient (Wildman–Crippen LogP) is 2.51. The molecule has 0 heterocycles. The van der Waals surface area contributed by atoms with Crippen LogP contribution in [0.4, 0.5) is 5.69 Å². The van der Waals surface area contributed by atoms with Crippen LogP contribution in [0.5, 0.6) is 28.7 Å². The summed E-state index contributed by atoms with van der Waals surface area (Å²) in [7, 11) is 1.59. The lowest BCUT2D eigenvalue weighted by molar-refractivity contribution is -0.145. The van der Waals surface area contributed by atoms with Gasteiger partial charge in [-0.15, -0.1) is 0 Å². The van der Waals surface area contributed by atoms with Crippen LogP contribution in [-0.2, 0) is 19.6 Å². The van der Waals surface area contributed by atoms with Gasteiger partial charge in [-0.3, -0.25) is 14.3 Å². The van der Waals surface area contributed by atoms with Gasteiger partial charge < -0.3 is 28.8 Å². The van der Waals surface area contributed by atoms with E-state index in [2.05, 4.69) is 4.72 Å². The van der Waals surface area contributed by atoms with Crippen LogP contribution in [-0.4, -0.2) is 53.9 Å². The third-order valence-electron chi connectivity index (χ3n) is 4.11. The van der Waals surface area contributed by atoms with Crippen LogP contribution < -0.4 is 28.4 Å². The van der Waals surface area contributed by atoms with Crippen molar-refractivity contribution in [3.05, 3.63) is 41.3 Å². The number of esters is 1. The quantitative estimate of drug-likeness (QED) is 0.279. The van der Waals surface area contributed by atoms with Gasteiger partial charge in [0.1, 0.15) is 23.7 Å². The van der Waals surface area contributed by atoms with Gasteiger partial charge >= 0.3 is 11.9 Å². The molecule has 11 nitrogen and oxygen atoms in total. The van der Waals surface area contributed by atoms with Crippen LogP contribution in [0.25, 0.3) is 6.08 Å². The number of ether oxygens (including phenoxy) is 5. The van der Waals surface area contributed by atoms with Crippen LogP contribution >= 0.6 is 0 Å². The molecular weight excluding hydrogens is 458 g/mol. The van der Waals surface area contributed by atoms with Crippen molar-refractivity contribution in [2.75, 3.05) is 33.2 Å². The SMILES string of the molecule is COc1cc(OC)c(/C=C/S(=O)(=O)Nc2ccc(OC)c(OC(=O)CC(=O)O)c2)c(OC)c1. The van der Waals surface area contributed by atoms with Crippen molar-refractivity contribution in [1.29, 1.82) is 0 Å². The van der Waals surface area contributed by atoms with Gasteiger partial charge in [-0.1, -0.05) is 0 Å². The normalized spacial score (nSPS) is 11.0. The molecule has 0 unspecified atom stereocenters. The molecule has 0 aliphatic heterocycles. The molecule has 0 amide bonds. The average Bonchev–Trinajstić information content (AvgIpc) is 2.76. The topological polar surface area (TPSA) is 147 Å². The Kier molecular flexibility index (Phi) is 8.51. The number of anilines is 1. The summed E-state index contributed by atoms with van der Waals surface area (Å²) >= 11 is 0. The van der Waals surface area contributed by atoms with Gasteiger partial charge in [-0.25, -0.2) is 8.42 Å². The molecule has 0 saturated heterocycles. The van der Waals surface area contributed by atoms with Crippen molar-refractivity contribution < 1.29 is 46.8 Å². The summed E-state index contributed by atoms with van der Waals surface area (Å²) in [5.41, 5.74) is 0.413. The van der Waals surface area contributed by atoms with Crippen LogP contribution in [0.1, 0.15) is 12.0 Å². The number of carboxylic acid groups (broad SMARTS) is 1. The van der Waals surface area contributed by atoms with Gasteiger partial charge in [0.2, 0.25) is 0 Å². The van der Waals surface area contributed by atoms with Crippen molar-refractivity contribution in [2.45, 2.75) is 6.42 Å². The highest BCUT2D eigenvalue weighted by Crippen LogP contribution is 2.35. The predicted molar refractivity (Wildman–Crippen MR) is 119 cm³/mol. The van der Waals surface area contributed by atoms with E-state index in [1.165, 1.54) is 52.7 Å². The third kappa shape index (κ3) is 7.04. The number of carbonyl (C=O) groups excluding carboxylic acids is 1. The van der Waals surface area contributed by atoms with E-state index in [0.717, 1.165) is 5.41 Å². The number of hydrogen-bond acceptors (Lipinski definition) is 9. The molecule has 0 spiro atoms. The van der Waals surface area contributed by atoms with Gasteiger partial charge in [0.25, 0.3) is 10.0 Å². The Morgan fingerprint density at radius 2 is 1.52 bits per heavy atom. The Labute approximate surface area is 190 Å². The molecule has 178 valence electrons. The lowest BCUT2D eigenvalue weighted by Crippen LogP contribution is -2.14. The summed E-state index contributed by atoms with van der Waals surface area (Å²) in [6, 6.07) is 7.08. The summed E-state index contributed by atoms with van der Waals surface area (Å²) in [5, 5.41) is 9.60. The monoisotopic (exact) mass is 481 g/mol. The summed E-state index contributed by atoms with van der Waals surface area (Å²) in [4.78, 5) is 22.3. The van der Waals surface area contributed by atoms with Crippen molar-refractivity contribution in [1.82, 2.24) is 0 Å². The molecule has 2 N–H and O–H groups in total. The third-order valence-corrected chi connectivity index (χ3v) is 5.12. The number of aliphatic carboxylic acids is 1. The van der Waals surface area contributed by atoms with E-state index >= 15 is 0 Å². The second-order valence-electron chi connectivity index (χ2n) is 6.31. The Morgan fingerprint density at radius 3 is 2.03 bits per heavy atom. The number of benzene rings is 2. The number of hydrogen-bond donors (Lipinski definition) is 2. The summed E-state index contributed by atoms with van der Waals surface area (Å²) < 4.78 is 53.3.